The molecular weight excluding hydrogens is 218 g/mol. The summed E-state index contributed by atoms with van der Waals surface area (Å²) in [5.41, 5.74) is 7.29. The summed E-state index contributed by atoms with van der Waals surface area (Å²) < 4.78 is 10.3. The molecule has 2 aromatic rings. The van der Waals surface area contributed by atoms with E-state index in [1.807, 2.05) is 24.3 Å². The predicted octanol–water partition coefficient (Wildman–Crippen LogP) is 1.74. The van der Waals surface area contributed by atoms with E-state index < -0.39 is 0 Å². The van der Waals surface area contributed by atoms with Gasteiger partial charge in [0.15, 0.2) is 11.6 Å². The molecule has 2 rings (SSSR count). The fraction of sp³-hybridized carbons (Fsp3) is 0.167. The molecule has 0 aliphatic heterocycles. The van der Waals surface area contributed by atoms with Crippen LogP contribution in [0.3, 0.4) is 0 Å². The summed E-state index contributed by atoms with van der Waals surface area (Å²) in [6.45, 7) is 0. The molecule has 0 saturated heterocycles. The molecule has 0 aliphatic rings. The Morgan fingerprint density at radius 1 is 1.00 bits per heavy atom. The zero-order valence-electron chi connectivity index (χ0n) is 9.68. The van der Waals surface area contributed by atoms with Crippen LogP contribution in [0.15, 0.2) is 30.6 Å². The van der Waals surface area contributed by atoms with Gasteiger partial charge >= 0.3 is 0 Å². The van der Waals surface area contributed by atoms with Crippen LogP contribution < -0.4 is 15.2 Å². The van der Waals surface area contributed by atoms with E-state index in [4.69, 9.17) is 15.2 Å². The molecule has 17 heavy (non-hydrogen) atoms. The van der Waals surface area contributed by atoms with Gasteiger partial charge in [0.25, 0.3) is 0 Å². The summed E-state index contributed by atoms with van der Waals surface area (Å²) in [6, 6.07) is 7.49. The van der Waals surface area contributed by atoms with Crippen molar-refractivity contribution in [1.29, 1.82) is 0 Å². The SMILES string of the molecule is COc1ccc(-c2ncnc(N)c2OC)cc1. The molecule has 5 heteroatoms. The molecule has 0 radical (unpaired) electrons. The maximum atomic E-state index is 5.72. The van der Waals surface area contributed by atoms with E-state index >= 15 is 0 Å². The lowest BCUT2D eigenvalue weighted by molar-refractivity contribution is 0.414. The zero-order chi connectivity index (χ0) is 12.3. The molecule has 0 atom stereocenters. The van der Waals surface area contributed by atoms with Gasteiger partial charge in [0.2, 0.25) is 0 Å². The van der Waals surface area contributed by atoms with Crippen molar-refractivity contribution in [2.45, 2.75) is 0 Å². The molecule has 1 heterocycles. The van der Waals surface area contributed by atoms with E-state index in [9.17, 15) is 0 Å². The summed E-state index contributed by atoms with van der Waals surface area (Å²) in [5.74, 6) is 1.60. The minimum absolute atomic E-state index is 0.327. The van der Waals surface area contributed by atoms with Crippen molar-refractivity contribution in [3.05, 3.63) is 30.6 Å². The molecule has 0 bridgehead atoms. The van der Waals surface area contributed by atoms with Crippen molar-refractivity contribution in [3.8, 4) is 22.8 Å². The summed E-state index contributed by atoms with van der Waals surface area (Å²) in [4.78, 5) is 8.07. The maximum Gasteiger partial charge on any atom is 0.187 e. The quantitative estimate of drug-likeness (QED) is 0.871. The predicted molar refractivity (Wildman–Crippen MR) is 65.0 cm³/mol. The highest BCUT2D eigenvalue weighted by atomic mass is 16.5. The number of benzene rings is 1. The number of aromatic nitrogens is 2. The number of nitrogen functional groups attached to an aromatic ring is 1. The van der Waals surface area contributed by atoms with Crippen molar-refractivity contribution in [2.24, 2.45) is 0 Å². The summed E-state index contributed by atoms with van der Waals surface area (Å²) in [5, 5.41) is 0. The van der Waals surface area contributed by atoms with E-state index in [2.05, 4.69) is 9.97 Å². The van der Waals surface area contributed by atoms with Crippen molar-refractivity contribution in [1.82, 2.24) is 9.97 Å². The molecule has 1 aromatic carbocycles. The number of nitrogens with zero attached hydrogens (tertiary/aromatic N) is 2. The Balaban J connectivity index is 2.48. The molecule has 1 aromatic heterocycles. The topological polar surface area (TPSA) is 70.3 Å². The van der Waals surface area contributed by atoms with E-state index in [1.165, 1.54) is 6.33 Å². The first kappa shape index (κ1) is 11.2. The fourth-order valence-corrected chi connectivity index (χ4v) is 1.54. The van der Waals surface area contributed by atoms with Crippen LogP contribution in [0.25, 0.3) is 11.3 Å². The number of rotatable bonds is 3. The fourth-order valence-electron chi connectivity index (χ4n) is 1.54. The molecule has 5 nitrogen and oxygen atoms in total. The van der Waals surface area contributed by atoms with Crippen LogP contribution in [0.1, 0.15) is 0 Å². The van der Waals surface area contributed by atoms with Crippen molar-refractivity contribution in [3.63, 3.8) is 0 Å². The van der Waals surface area contributed by atoms with Gasteiger partial charge in [-0.1, -0.05) is 0 Å². The third kappa shape index (κ3) is 2.13. The normalized spacial score (nSPS) is 10.0. The standard InChI is InChI=1S/C12H13N3O2/c1-16-9-5-3-8(4-6-9)10-11(17-2)12(13)15-7-14-10/h3-7H,1-2H3,(H2,13,14,15). The number of anilines is 1. The molecule has 0 saturated carbocycles. The van der Waals surface area contributed by atoms with Crippen LogP contribution in [0, 0.1) is 0 Å². The minimum Gasteiger partial charge on any atom is -0.497 e. The van der Waals surface area contributed by atoms with Gasteiger partial charge in [-0.05, 0) is 24.3 Å². The Labute approximate surface area is 99.2 Å². The minimum atomic E-state index is 0.327. The largest absolute Gasteiger partial charge is 0.497 e. The summed E-state index contributed by atoms with van der Waals surface area (Å²) in [6.07, 6.45) is 1.41. The van der Waals surface area contributed by atoms with Gasteiger partial charge < -0.3 is 15.2 Å². The number of hydrogen-bond acceptors (Lipinski definition) is 5. The van der Waals surface area contributed by atoms with Crippen LogP contribution >= 0.6 is 0 Å². The smallest absolute Gasteiger partial charge is 0.187 e. The Kier molecular flexibility index (Phi) is 3.09. The third-order valence-electron chi connectivity index (χ3n) is 2.40. The summed E-state index contributed by atoms with van der Waals surface area (Å²) >= 11 is 0. The second-order valence-corrected chi connectivity index (χ2v) is 3.37. The summed E-state index contributed by atoms with van der Waals surface area (Å²) in [7, 11) is 3.17. The second-order valence-electron chi connectivity index (χ2n) is 3.37. The first-order valence-corrected chi connectivity index (χ1v) is 5.05. The van der Waals surface area contributed by atoms with Crippen LogP contribution in [0.5, 0.6) is 11.5 Å². The molecule has 0 amide bonds. The highest BCUT2D eigenvalue weighted by Gasteiger charge is 2.11. The van der Waals surface area contributed by atoms with Crippen molar-refractivity contribution >= 4 is 5.82 Å². The lowest BCUT2D eigenvalue weighted by Crippen LogP contribution is -1.99. The second kappa shape index (κ2) is 4.69. The van der Waals surface area contributed by atoms with Gasteiger partial charge in [-0.2, -0.15) is 0 Å². The zero-order valence-corrected chi connectivity index (χ0v) is 9.68. The Hall–Kier alpha value is -2.30. The van der Waals surface area contributed by atoms with Gasteiger partial charge in [-0.3, -0.25) is 0 Å². The van der Waals surface area contributed by atoms with Crippen molar-refractivity contribution in [2.75, 3.05) is 20.0 Å². The monoisotopic (exact) mass is 231 g/mol. The van der Waals surface area contributed by atoms with Crippen LogP contribution in [-0.2, 0) is 0 Å². The van der Waals surface area contributed by atoms with Gasteiger partial charge in [0.1, 0.15) is 17.8 Å². The Morgan fingerprint density at radius 2 is 1.71 bits per heavy atom. The number of hydrogen-bond donors (Lipinski definition) is 1. The third-order valence-corrected chi connectivity index (χ3v) is 2.40. The number of nitrogens with two attached hydrogens (primary N) is 1. The average molecular weight is 231 g/mol. The lowest BCUT2D eigenvalue weighted by atomic mass is 10.1. The van der Waals surface area contributed by atoms with E-state index in [-0.39, 0.29) is 0 Å². The van der Waals surface area contributed by atoms with Crippen LogP contribution in [0.4, 0.5) is 5.82 Å². The first-order valence-electron chi connectivity index (χ1n) is 5.05. The molecule has 0 unspecified atom stereocenters. The van der Waals surface area contributed by atoms with Gasteiger partial charge in [-0.15, -0.1) is 0 Å². The highest BCUT2D eigenvalue weighted by Crippen LogP contribution is 2.31. The van der Waals surface area contributed by atoms with Crippen LogP contribution in [-0.4, -0.2) is 24.2 Å². The molecule has 0 fully saturated rings. The average Bonchev–Trinajstić information content (AvgIpc) is 2.38. The van der Waals surface area contributed by atoms with Gasteiger partial charge in [-0.25, -0.2) is 9.97 Å². The molecule has 0 spiro atoms. The Morgan fingerprint density at radius 3 is 2.29 bits per heavy atom. The van der Waals surface area contributed by atoms with Gasteiger partial charge in [0, 0.05) is 5.56 Å². The first-order chi connectivity index (χ1) is 8.26. The molecule has 2 N–H and O–H groups in total. The Bertz CT molecular complexity index is 512. The molecular formula is C12H13N3O2. The van der Waals surface area contributed by atoms with E-state index in [0.717, 1.165) is 11.3 Å². The highest BCUT2D eigenvalue weighted by molar-refractivity contribution is 5.71. The lowest BCUT2D eigenvalue weighted by Gasteiger charge is -2.09. The molecule has 0 aliphatic carbocycles. The number of methoxy groups -OCH3 is 2. The van der Waals surface area contributed by atoms with E-state index in [0.29, 0.717) is 17.3 Å². The van der Waals surface area contributed by atoms with Crippen molar-refractivity contribution < 1.29 is 9.47 Å². The van der Waals surface area contributed by atoms with Crippen LogP contribution in [0.2, 0.25) is 0 Å². The maximum absolute atomic E-state index is 5.72. The molecule has 88 valence electrons. The number of ether oxygens (including phenoxy) is 2. The van der Waals surface area contributed by atoms with E-state index in [1.54, 1.807) is 14.2 Å². The van der Waals surface area contributed by atoms with Gasteiger partial charge in [0.05, 0.1) is 14.2 Å².